The van der Waals surface area contributed by atoms with Gasteiger partial charge in [-0.15, -0.1) is 0 Å². The predicted molar refractivity (Wildman–Crippen MR) is 52.2 cm³/mol. The number of methoxy groups -OCH3 is 1. The Bertz CT molecular complexity index is 315. The zero-order valence-electron chi connectivity index (χ0n) is 8.28. The second kappa shape index (κ2) is 5.16. The molecule has 0 saturated carbocycles. The van der Waals surface area contributed by atoms with Gasteiger partial charge in [-0.05, 0) is 6.42 Å². The number of hydrogen-bond acceptors (Lipinski definition) is 5. The minimum absolute atomic E-state index is 0.216. The Balaban J connectivity index is 2.73. The van der Waals surface area contributed by atoms with E-state index in [4.69, 9.17) is 0 Å². The van der Waals surface area contributed by atoms with Crippen molar-refractivity contribution >= 4 is 11.8 Å². The Hall–Kier alpha value is -1.65. The highest BCUT2D eigenvalue weighted by Crippen LogP contribution is 2.02. The van der Waals surface area contributed by atoms with E-state index >= 15 is 0 Å². The van der Waals surface area contributed by atoms with Gasteiger partial charge in [0.05, 0.1) is 19.5 Å². The number of nitrogens with one attached hydrogen (secondary N) is 1. The maximum atomic E-state index is 11.1. The second-order valence-corrected chi connectivity index (χ2v) is 2.71. The third-order valence-corrected chi connectivity index (χ3v) is 1.59. The number of aromatic nitrogens is 2. The molecule has 0 bridgehead atoms. The van der Waals surface area contributed by atoms with Crippen molar-refractivity contribution in [3.8, 4) is 0 Å². The first kappa shape index (κ1) is 10.4. The molecular formula is C9H13N3O2. The lowest BCUT2D eigenvalue weighted by atomic mass is 10.4. The van der Waals surface area contributed by atoms with E-state index in [0.717, 1.165) is 13.0 Å². The summed E-state index contributed by atoms with van der Waals surface area (Å²) >= 11 is 0. The molecule has 1 aromatic rings. The van der Waals surface area contributed by atoms with Crippen molar-refractivity contribution in [1.82, 2.24) is 9.97 Å². The maximum Gasteiger partial charge on any atom is 0.358 e. The number of hydrogen-bond donors (Lipinski definition) is 1. The lowest BCUT2D eigenvalue weighted by Gasteiger charge is -2.03. The maximum absolute atomic E-state index is 11.1. The minimum atomic E-state index is -0.474. The molecule has 0 spiro atoms. The first-order chi connectivity index (χ1) is 6.77. The fourth-order valence-corrected chi connectivity index (χ4v) is 0.907. The molecule has 0 saturated heterocycles. The van der Waals surface area contributed by atoms with Crippen LogP contribution in [-0.2, 0) is 4.74 Å². The molecule has 0 radical (unpaired) electrons. The summed E-state index contributed by atoms with van der Waals surface area (Å²) in [4.78, 5) is 19.0. The first-order valence-corrected chi connectivity index (χ1v) is 4.42. The van der Waals surface area contributed by atoms with Crippen molar-refractivity contribution in [1.29, 1.82) is 0 Å². The molecule has 0 atom stereocenters. The minimum Gasteiger partial charge on any atom is -0.464 e. The Labute approximate surface area is 82.5 Å². The van der Waals surface area contributed by atoms with Crippen LogP contribution in [0.5, 0.6) is 0 Å². The molecule has 14 heavy (non-hydrogen) atoms. The molecular weight excluding hydrogens is 182 g/mol. The summed E-state index contributed by atoms with van der Waals surface area (Å²) in [6.07, 6.45) is 3.94. The van der Waals surface area contributed by atoms with Crippen LogP contribution >= 0.6 is 0 Å². The number of esters is 1. The molecule has 1 aromatic heterocycles. The van der Waals surface area contributed by atoms with Gasteiger partial charge in [-0.1, -0.05) is 6.92 Å². The topological polar surface area (TPSA) is 64.1 Å². The number of carbonyl (C=O) groups excluding carboxylic acids is 1. The second-order valence-electron chi connectivity index (χ2n) is 2.71. The molecule has 5 nitrogen and oxygen atoms in total. The van der Waals surface area contributed by atoms with Crippen molar-refractivity contribution < 1.29 is 9.53 Å². The molecule has 0 aromatic carbocycles. The molecule has 0 aliphatic carbocycles. The van der Waals surface area contributed by atoms with Gasteiger partial charge >= 0.3 is 5.97 Å². The van der Waals surface area contributed by atoms with Gasteiger partial charge in [-0.2, -0.15) is 0 Å². The van der Waals surface area contributed by atoms with E-state index in [2.05, 4.69) is 20.0 Å². The van der Waals surface area contributed by atoms with E-state index in [0.29, 0.717) is 5.82 Å². The highest BCUT2D eigenvalue weighted by atomic mass is 16.5. The molecule has 0 unspecified atom stereocenters. The Morgan fingerprint density at radius 3 is 3.00 bits per heavy atom. The summed E-state index contributed by atoms with van der Waals surface area (Å²) < 4.78 is 4.53. The summed E-state index contributed by atoms with van der Waals surface area (Å²) in [6.45, 7) is 2.85. The molecule has 0 aliphatic heterocycles. The van der Waals surface area contributed by atoms with Crippen LogP contribution in [0.15, 0.2) is 12.4 Å². The van der Waals surface area contributed by atoms with Gasteiger partial charge in [0, 0.05) is 6.54 Å². The van der Waals surface area contributed by atoms with Crippen LogP contribution in [0.4, 0.5) is 5.82 Å². The van der Waals surface area contributed by atoms with E-state index in [1.165, 1.54) is 13.3 Å². The number of nitrogens with zero attached hydrogens (tertiary/aromatic N) is 2. The predicted octanol–water partition coefficient (Wildman–Crippen LogP) is 1.09. The van der Waals surface area contributed by atoms with Crippen molar-refractivity contribution in [3.63, 3.8) is 0 Å². The first-order valence-electron chi connectivity index (χ1n) is 4.42. The highest BCUT2D eigenvalue weighted by Gasteiger charge is 2.07. The summed E-state index contributed by atoms with van der Waals surface area (Å²) in [7, 11) is 1.32. The van der Waals surface area contributed by atoms with Crippen LogP contribution in [0.1, 0.15) is 23.8 Å². The number of rotatable bonds is 4. The third-order valence-electron chi connectivity index (χ3n) is 1.59. The Morgan fingerprint density at radius 2 is 2.36 bits per heavy atom. The van der Waals surface area contributed by atoms with Gasteiger partial charge < -0.3 is 10.1 Å². The fourth-order valence-electron chi connectivity index (χ4n) is 0.907. The number of anilines is 1. The van der Waals surface area contributed by atoms with Gasteiger partial charge in [0.25, 0.3) is 0 Å². The summed E-state index contributed by atoms with van der Waals surface area (Å²) in [5, 5.41) is 3.03. The van der Waals surface area contributed by atoms with Crippen LogP contribution in [-0.4, -0.2) is 29.6 Å². The highest BCUT2D eigenvalue weighted by molar-refractivity contribution is 5.87. The van der Waals surface area contributed by atoms with E-state index in [-0.39, 0.29) is 5.69 Å². The largest absolute Gasteiger partial charge is 0.464 e. The zero-order chi connectivity index (χ0) is 10.4. The average molecular weight is 195 g/mol. The Kier molecular flexibility index (Phi) is 3.84. The smallest absolute Gasteiger partial charge is 0.358 e. The molecule has 76 valence electrons. The van der Waals surface area contributed by atoms with Crippen molar-refractivity contribution in [2.45, 2.75) is 13.3 Å². The van der Waals surface area contributed by atoms with Gasteiger partial charge in [0.15, 0.2) is 5.69 Å². The number of ether oxygens (including phenoxy) is 1. The molecule has 1 heterocycles. The fraction of sp³-hybridized carbons (Fsp3) is 0.444. The molecule has 1 N–H and O–H groups in total. The summed E-state index contributed by atoms with van der Waals surface area (Å²) in [5.74, 6) is 0.118. The molecule has 0 aliphatic rings. The quantitative estimate of drug-likeness (QED) is 0.728. The Morgan fingerprint density at radius 1 is 1.57 bits per heavy atom. The van der Waals surface area contributed by atoms with Crippen molar-refractivity contribution in [2.75, 3.05) is 19.0 Å². The SMILES string of the molecule is CCCNc1cncc(C(=O)OC)n1. The normalized spacial score (nSPS) is 9.57. The average Bonchev–Trinajstić information content (AvgIpc) is 2.25. The van der Waals surface area contributed by atoms with Crippen LogP contribution in [0.25, 0.3) is 0 Å². The van der Waals surface area contributed by atoms with Gasteiger partial charge in [-0.25, -0.2) is 9.78 Å². The van der Waals surface area contributed by atoms with Crippen LogP contribution in [0, 0.1) is 0 Å². The van der Waals surface area contributed by atoms with Crippen molar-refractivity contribution in [2.24, 2.45) is 0 Å². The molecule has 0 amide bonds. The molecule has 5 heteroatoms. The van der Waals surface area contributed by atoms with E-state index in [1.54, 1.807) is 6.20 Å². The van der Waals surface area contributed by atoms with Crippen LogP contribution < -0.4 is 5.32 Å². The standard InChI is InChI=1S/C9H13N3O2/c1-3-4-11-8-6-10-5-7(12-8)9(13)14-2/h5-6H,3-4H2,1-2H3,(H,11,12). The van der Waals surface area contributed by atoms with Gasteiger partial charge in [-0.3, -0.25) is 4.98 Å². The summed E-state index contributed by atoms with van der Waals surface area (Å²) in [6, 6.07) is 0. The lowest BCUT2D eigenvalue weighted by Crippen LogP contribution is -2.08. The van der Waals surface area contributed by atoms with Crippen LogP contribution in [0.2, 0.25) is 0 Å². The number of carbonyl (C=O) groups is 1. The third kappa shape index (κ3) is 2.69. The monoisotopic (exact) mass is 195 g/mol. The lowest BCUT2D eigenvalue weighted by molar-refractivity contribution is 0.0593. The zero-order valence-corrected chi connectivity index (χ0v) is 8.28. The van der Waals surface area contributed by atoms with Gasteiger partial charge in [0.1, 0.15) is 5.82 Å². The van der Waals surface area contributed by atoms with Crippen LogP contribution in [0.3, 0.4) is 0 Å². The molecule has 0 fully saturated rings. The van der Waals surface area contributed by atoms with E-state index in [1.807, 2.05) is 6.92 Å². The van der Waals surface area contributed by atoms with Gasteiger partial charge in [0.2, 0.25) is 0 Å². The van der Waals surface area contributed by atoms with E-state index in [9.17, 15) is 4.79 Å². The van der Waals surface area contributed by atoms with Crippen molar-refractivity contribution in [3.05, 3.63) is 18.1 Å². The molecule has 1 rings (SSSR count). The van der Waals surface area contributed by atoms with E-state index < -0.39 is 5.97 Å². The summed E-state index contributed by atoms with van der Waals surface area (Å²) in [5.41, 5.74) is 0.216.